The van der Waals surface area contributed by atoms with Gasteiger partial charge in [0, 0.05) is 0 Å². The minimum atomic E-state index is -1.54. The average Bonchev–Trinajstić information content (AvgIpc) is 2.45. The van der Waals surface area contributed by atoms with Gasteiger partial charge in [-0.1, -0.05) is 13.3 Å². The van der Waals surface area contributed by atoms with E-state index < -0.39 is 52.3 Å². The number of nitrogens with two attached hydrogens (primary N) is 2. The lowest BCUT2D eigenvalue weighted by Crippen LogP contribution is -2.22. The summed E-state index contributed by atoms with van der Waals surface area (Å²) in [7, 11) is 0. The van der Waals surface area contributed by atoms with Crippen molar-refractivity contribution >= 4 is 23.8 Å². The Morgan fingerprint density at radius 2 is 1.21 bits per heavy atom. The monoisotopic (exact) mass is 342 g/mol. The molecule has 10 heteroatoms. The molecule has 24 heavy (non-hydrogen) atoms. The number of benzene rings is 1. The third-order valence-corrected chi connectivity index (χ3v) is 2.70. The molecule has 0 aliphatic heterocycles. The van der Waals surface area contributed by atoms with Gasteiger partial charge in [0.05, 0.1) is 22.3 Å². The number of aromatic carboxylic acids is 2. The van der Waals surface area contributed by atoms with Gasteiger partial charge in [-0.25, -0.2) is 9.59 Å². The number of carbonyl (C=O) groups is 4. The molecule has 1 aromatic carbocycles. The van der Waals surface area contributed by atoms with Crippen LogP contribution in [-0.2, 0) is 0 Å². The number of carboxylic acids is 2. The van der Waals surface area contributed by atoms with Crippen LogP contribution in [0.15, 0.2) is 12.1 Å². The highest BCUT2D eigenvalue weighted by Crippen LogP contribution is 2.17. The van der Waals surface area contributed by atoms with Crippen LogP contribution in [0.4, 0.5) is 0 Å². The molecule has 0 fully saturated rings. The fourth-order valence-electron chi connectivity index (χ4n) is 1.62. The van der Waals surface area contributed by atoms with Crippen LogP contribution in [0.5, 0.6) is 0 Å². The summed E-state index contributed by atoms with van der Waals surface area (Å²) in [6.07, 6.45) is 0.215. The minimum Gasteiger partial charge on any atom is -0.478 e. The lowest BCUT2D eigenvalue weighted by atomic mass is 9.97. The quantitative estimate of drug-likeness (QED) is 0.367. The first-order valence-corrected chi connectivity index (χ1v) is 6.63. The molecule has 2 amide bonds. The predicted molar refractivity (Wildman–Crippen MR) is 80.5 cm³/mol. The second-order valence-electron chi connectivity index (χ2n) is 4.55. The summed E-state index contributed by atoms with van der Waals surface area (Å²) < 4.78 is 0. The van der Waals surface area contributed by atoms with Crippen LogP contribution in [0.3, 0.4) is 0 Å². The molecule has 132 valence electrons. The van der Waals surface area contributed by atoms with E-state index in [9.17, 15) is 19.2 Å². The Hall–Kier alpha value is -2.98. The lowest BCUT2D eigenvalue weighted by Gasteiger charge is -2.08. The molecule has 0 bridgehead atoms. The molecule has 0 atom stereocenters. The highest BCUT2D eigenvalue weighted by Gasteiger charge is 2.23. The van der Waals surface area contributed by atoms with Crippen LogP contribution in [0, 0.1) is 0 Å². The number of carboxylic acid groups (broad SMARTS) is 2. The molecule has 0 aliphatic carbocycles. The van der Waals surface area contributed by atoms with E-state index in [2.05, 4.69) is 0 Å². The first-order valence-electron chi connectivity index (χ1n) is 6.63. The normalized spacial score (nSPS) is 9.83. The van der Waals surface area contributed by atoms with Crippen LogP contribution in [0.1, 0.15) is 61.2 Å². The van der Waals surface area contributed by atoms with Gasteiger partial charge in [-0.3, -0.25) is 9.59 Å². The number of carbonyl (C=O) groups excluding carboxylic acids is 2. The summed E-state index contributed by atoms with van der Waals surface area (Å²) >= 11 is 0. The van der Waals surface area contributed by atoms with Crippen LogP contribution < -0.4 is 11.5 Å². The van der Waals surface area contributed by atoms with E-state index in [4.69, 9.17) is 31.9 Å². The Bertz CT molecular complexity index is 556. The largest absolute Gasteiger partial charge is 0.478 e. The van der Waals surface area contributed by atoms with Crippen molar-refractivity contribution in [1.29, 1.82) is 0 Å². The van der Waals surface area contributed by atoms with Gasteiger partial charge in [0.25, 0.3) is 0 Å². The number of aliphatic hydroxyl groups is 2. The van der Waals surface area contributed by atoms with Gasteiger partial charge in [-0.05, 0) is 18.6 Å². The first-order chi connectivity index (χ1) is 11.0. The summed E-state index contributed by atoms with van der Waals surface area (Å²) in [4.78, 5) is 43.8. The zero-order valence-corrected chi connectivity index (χ0v) is 12.7. The molecule has 10 nitrogen and oxygen atoms in total. The number of primary amides is 2. The lowest BCUT2D eigenvalue weighted by molar-refractivity contribution is -0.0453. The fraction of sp³-hybridized carbons (Fsp3) is 0.286. The number of rotatable bonds is 6. The molecule has 0 saturated heterocycles. The summed E-state index contributed by atoms with van der Waals surface area (Å²) in [6, 6.07) is 1.43. The Labute approximate surface area is 136 Å². The van der Waals surface area contributed by atoms with Gasteiger partial charge < -0.3 is 31.9 Å². The third-order valence-electron chi connectivity index (χ3n) is 2.70. The van der Waals surface area contributed by atoms with Crippen LogP contribution in [0.25, 0.3) is 0 Å². The molecule has 0 aliphatic rings. The van der Waals surface area contributed by atoms with E-state index in [0.717, 1.165) is 12.5 Å². The van der Waals surface area contributed by atoms with E-state index in [1.807, 2.05) is 6.92 Å². The number of hydrogen-bond donors (Lipinski definition) is 6. The van der Waals surface area contributed by atoms with E-state index in [0.29, 0.717) is 12.5 Å². The van der Waals surface area contributed by atoms with Gasteiger partial charge in [0.2, 0.25) is 11.8 Å². The van der Waals surface area contributed by atoms with Crippen molar-refractivity contribution in [3.05, 3.63) is 34.4 Å². The summed E-state index contributed by atoms with van der Waals surface area (Å²) in [6.45, 7) is 1.90. The van der Waals surface area contributed by atoms with Crippen molar-refractivity contribution in [3.8, 4) is 0 Å². The smallest absolute Gasteiger partial charge is 0.336 e. The molecular weight excluding hydrogens is 324 g/mol. The zero-order valence-electron chi connectivity index (χ0n) is 12.7. The van der Waals surface area contributed by atoms with E-state index in [-0.39, 0.29) is 0 Å². The standard InChI is InChI=1S/C10H8N2O6.C4H10O2/c11-7(13)3-1-4(8(12)14)6(10(17)18)2-5(3)9(15)16;1-2-3-4(5)6/h1-2H,(H2,11,13)(H2,12,14)(H,15,16)(H,17,18);4-6H,2-3H2,1H3. The highest BCUT2D eigenvalue weighted by molar-refractivity contribution is 6.11. The van der Waals surface area contributed by atoms with Crippen molar-refractivity contribution < 1.29 is 39.6 Å². The Morgan fingerprint density at radius 1 is 0.875 bits per heavy atom. The van der Waals surface area contributed by atoms with Crippen molar-refractivity contribution in [2.45, 2.75) is 26.1 Å². The predicted octanol–water partition coefficient (Wildman–Crippen LogP) is -0.622. The van der Waals surface area contributed by atoms with Crippen LogP contribution >= 0.6 is 0 Å². The molecule has 1 rings (SSSR count). The van der Waals surface area contributed by atoms with Gasteiger partial charge in [0.1, 0.15) is 0 Å². The molecule has 8 N–H and O–H groups in total. The molecule has 0 saturated carbocycles. The Kier molecular flexibility index (Phi) is 8.08. The number of hydrogen-bond acceptors (Lipinski definition) is 6. The van der Waals surface area contributed by atoms with E-state index >= 15 is 0 Å². The maximum atomic E-state index is 11.0. The fourth-order valence-corrected chi connectivity index (χ4v) is 1.62. The van der Waals surface area contributed by atoms with Crippen molar-refractivity contribution in [1.82, 2.24) is 0 Å². The highest BCUT2D eigenvalue weighted by atomic mass is 16.5. The summed E-state index contributed by atoms with van der Waals surface area (Å²) in [5.41, 5.74) is 7.71. The molecule has 0 heterocycles. The first kappa shape index (κ1) is 21.0. The maximum Gasteiger partial charge on any atom is 0.336 e. The molecule has 1 aromatic rings. The second kappa shape index (κ2) is 9.22. The van der Waals surface area contributed by atoms with Gasteiger partial charge in [-0.15, -0.1) is 0 Å². The molecule has 0 radical (unpaired) electrons. The van der Waals surface area contributed by atoms with E-state index in [1.165, 1.54) is 0 Å². The van der Waals surface area contributed by atoms with Gasteiger partial charge in [0.15, 0.2) is 6.29 Å². The molecule has 0 spiro atoms. The van der Waals surface area contributed by atoms with Gasteiger partial charge in [-0.2, -0.15) is 0 Å². The number of aliphatic hydroxyl groups excluding tert-OH is 1. The Balaban J connectivity index is 0.000000754. The van der Waals surface area contributed by atoms with Crippen LogP contribution in [0.2, 0.25) is 0 Å². The molecular formula is C14H18N2O8. The van der Waals surface area contributed by atoms with Crippen molar-refractivity contribution in [3.63, 3.8) is 0 Å². The van der Waals surface area contributed by atoms with Crippen molar-refractivity contribution in [2.24, 2.45) is 11.5 Å². The molecule has 0 aromatic heterocycles. The minimum absolute atomic E-state index is 0.485. The van der Waals surface area contributed by atoms with Gasteiger partial charge >= 0.3 is 11.9 Å². The average molecular weight is 342 g/mol. The third kappa shape index (κ3) is 6.02. The zero-order chi connectivity index (χ0) is 19.0. The topological polar surface area (TPSA) is 201 Å². The second-order valence-corrected chi connectivity index (χ2v) is 4.55. The summed E-state index contributed by atoms with van der Waals surface area (Å²) in [5.74, 6) is -5.29. The van der Waals surface area contributed by atoms with Crippen LogP contribution in [-0.4, -0.2) is 50.5 Å². The Morgan fingerprint density at radius 3 is 1.38 bits per heavy atom. The summed E-state index contributed by atoms with van der Waals surface area (Å²) in [5, 5.41) is 33.9. The SMILES string of the molecule is CCCC(O)O.NC(=O)c1cc(C(N)=O)c(C(=O)O)cc1C(=O)O. The molecule has 0 unspecified atom stereocenters. The van der Waals surface area contributed by atoms with Crippen molar-refractivity contribution in [2.75, 3.05) is 0 Å². The number of amides is 2. The van der Waals surface area contributed by atoms with E-state index in [1.54, 1.807) is 0 Å². The maximum absolute atomic E-state index is 11.0.